The Morgan fingerprint density at radius 2 is 2.17 bits per heavy atom. The van der Waals surface area contributed by atoms with Crippen molar-refractivity contribution >= 4 is 0 Å². The van der Waals surface area contributed by atoms with Crippen molar-refractivity contribution in [3.8, 4) is 0 Å². The summed E-state index contributed by atoms with van der Waals surface area (Å²) in [5.41, 5.74) is 0. The fourth-order valence-electron chi connectivity index (χ4n) is 2.68. The van der Waals surface area contributed by atoms with Crippen LogP contribution in [0.15, 0.2) is 4.52 Å². The lowest BCUT2D eigenvalue weighted by Crippen LogP contribution is -2.31. The summed E-state index contributed by atoms with van der Waals surface area (Å²) in [5.74, 6) is 2.17. The summed E-state index contributed by atoms with van der Waals surface area (Å²) in [7, 11) is 0. The molecule has 0 spiro atoms. The van der Waals surface area contributed by atoms with Gasteiger partial charge >= 0.3 is 0 Å². The Morgan fingerprint density at radius 3 is 2.94 bits per heavy atom. The number of hydrogen-bond acceptors (Lipinski definition) is 4. The van der Waals surface area contributed by atoms with Crippen LogP contribution in [0.1, 0.15) is 70.0 Å². The quantitative estimate of drug-likeness (QED) is 0.809. The van der Waals surface area contributed by atoms with Crippen LogP contribution in [0.2, 0.25) is 0 Å². The monoisotopic (exact) mass is 251 g/mol. The lowest BCUT2D eigenvalue weighted by molar-refractivity contribution is 0.327. The molecule has 18 heavy (non-hydrogen) atoms. The van der Waals surface area contributed by atoms with Crippen LogP contribution in [0.4, 0.5) is 0 Å². The van der Waals surface area contributed by atoms with Gasteiger partial charge in [0.15, 0.2) is 5.82 Å². The molecule has 2 unspecified atom stereocenters. The molecule has 0 aromatic carbocycles. The van der Waals surface area contributed by atoms with Gasteiger partial charge in [-0.25, -0.2) is 0 Å². The standard InChI is InChI=1S/C14H25N3O/c1-3-5-9-13-16-14(18-17-13)11-7-6-8-12(11)15-10-4-2/h11-12,15H,3-10H2,1-2H3. The first-order chi connectivity index (χ1) is 8.85. The van der Waals surface area contributed by atoms with Crippen LogP contribution in [-0.2, 0) is 6.42 Å². The van der Waals surface area contributed by atoms with Crippen LogP contribution >= 0.6 is 0 Å². The number of nitrogens with one attached hydrogen (secondary N) is 1. The summed E-state index contributed by atoms with van der Waals surface area (Å²) < 4.78 is 5.45. The first-order valence-corrected chi connectivity index (χ1v) is 7.41. The second-order valence-electron chi connectivity index (χ2n) is 5.25. The van der Waals surface area contributed by atoms with Gasteiger partial charge in [-0.1, -0.05) is 31.8 Å². The summed E-state index contributed by atoms with van der Waals surface area (Å²) >= 11 is 0. The Labute approximate surface area is 110 Å². The Kier molecular flexibility index (Phi) is 5.17. The maximum Gasteiger partial charge on any atom is 0.231 e. The highest BCUT2D eigenvalue weighted by Gasteiger charge is 2.32. The first-order valence-electron chi connectivity index (χ1n) is 7.41. The molecule has 0 radical (unpaired) electrons. The highest BCUT2D eigenvalue weighted by atomic mass is 16.5. The van der Waals surface area contributed by atoms with Crippen molar-refractivity contribution in [2.75, 3.05) is 6.54 Å². The van der Waals surface area contributed by atoms with Crippen LogP contribution < -0.4 is 5.32 Å². The largest absolute Gasteiger partial charge is 0.339 e. The van der Waals surface area contributed by atoms with Crippen LogP contribution in [-0.4, -0.2) is 22.7 Å². The van der Waals surface area contributed by atoms with Crippen LogP contribution in [0, 0.1) is 0 Å². The SMILES string of the molecule is CCCCc1noc(C2CCCC2NCCC)n1. The van der Waals surface area contributed by atoms with E-state index in [0.717, 1.165) is 31.1 Å². The molecule has 1 aliphatic carbocycles. The number of hydrogen-bond donors (Lipinski definition) is 1. The molecule has 0 saturated heterocycles. The smallest absolute Gasteiger partial charge is 0.231 e. The molecule has 1 heterocycles. The van der Waals surface area contributed by atoms with Gasteiger partial charge in [-0.15, -0.1) is 0 Å². The average Bonchev–Trinajstić information content (AvgIpc) is 3.02. The minimum absolute atomic E-state index is 0.430. The third-order valence-electron chi connectivity index (χ3n) is 3.73. The second kappa shape index (κ2) is 6.88. The summed E-state index contributed by atoms with van der Waals surface area (Å²) in [5, 5.41) is 7.70. The summed E-state index contributed by atoms with van der Waals surface area (Å²) in [6.45, 7) is 5.47. The molecule has 1 aliphatic rings. The lowest BCUT2D eigenvalue weighted by atomic mass is 10.0. The highest BCUT2D eigenvalue weighted by Crippen LogP contribution is 2.33. The lowest BCUT2D eigenvalue weighted by Gasteiger charge is -2.17. The normalized spacial score (nSPS) is 23.7. The van der Waals surface area contributed by atoms with E-state index < -0.39 is 0 Å². The van der Waals surface area contributed by atoms with E-state index in [2.05, 4.69) is 29.3 Å². The fourth-order valence-corrected chi connectivity index (χ4v) is 2.68. The maximum absolute atomic E-state index is 5.45. The number of aromatic nitrogens is 2. The minimum Gasteiger partial charge on any atom is -0.339 e. The number of unbranched alkanes of at least 4 members (excludes halogenated alkanes) is 1. The number of nitrogens with zero attached hydrogens (tertiary/aromatic N) is 2. The second-order valence-corrected chi connectivity index (χ2v) is 5.25. The molecule has 2 rings (SSSR count). The van der Waals surface area contributed by atoms with E-state index in [1.165, 1.54) is 32.1 Å². The van der Waals surface area contributed by atoms with Crippen molar-refractivity contribution in [1.82, 2.24) is 15.5 Å². The first kappa shape index (κ1) is 13.5. The molecular formula is C14H25N3O. The minimum atomic E-state index is 0.430. The fraction of sp³-hybridized carbons (Fsp3) is 0.857. The van der Waals surface area contributed by atoms with Gasteiger partial charge in [-0.2, -0.15) is 4.98 Å². The Morgan fingerprint density at radius 1 is 1.28 bits per heavy atom. The maximum atomic E-state index is 5.45. The Balaban J connectivity index is 1.94. The van der Waals surface area contributed by atoms with Gasteiger partial charge < -0.3 is 9.84 Å². The van der Waals surface area contributed by atoms with Gasteiger partial charge in [0.05, 0.1) is 5.92 Å². The van der Waals surface area contributed by atoms with E-state index in [9.17, 15) is 0 Å². The highest BCUT2D eigenvalue weighted by molar-refractivity contribution is 5.03. The van der Waals surface area contributed by atoms with E-state index in [-0.39, 0.29) is 0 Å². The van der Waals surface area contributed by atoms with Gasteiger partial charge in [-0.3, -0.25) is 0 Å². The molecule has 1 fully saturated rings. The van der Waals surface area contributed by atoms with E-state index in [1.807, 2.05) is 0 Å². The molecule has 102 valence electrons. The molecule has 1 aromatic heterocycles. The molecule has 1 saturated carbocycles. The third kappa shape index (κ3) is 3.31. The molecule has 1 aromatic rings. The summed E-state index contributed by atoms with van der Waals surface area (Å²) in [6.07, 6.45) is 8.11. The van der Waals surface area contributed by atoms with Crippen molar-refractivity contribution in [3.63, 3.8) is 0 Å². The zero-order valence-corrected chi connectivity index (χ0v) is 11.6. The zero-order chi connectivity index (χ0) is 12.8. The predicted molar refractivity (Wildman–Crippen MR) is 71.6 cm³/mol. The Hall–Kier alpha value is -0.900. The Bertz CT molecular complexity index is 351. The van der Waals surface area contributed by atoms with Crippen molar-refractivity contribution in [1.29, 1.82) is 0 Å². The molecule has 1 N–H and O–H groups in total. The van der Waals surface area contributed by atoms with Gasteiger partial charge in [0.25, 0.3) is 0 Å². The molecule has 2 atom stereocenters. The van der Waals surface area contributed by atoms with Crippen LogP contribution in [0.25, 0.3) is 0 Å². The van der Waals surface area contributed by atoms with Gasteiger partial charge in [0, 0.05) is 12.5 Å². The molecular weight excluding hydrogens is 226 g/mol. The van der Waals surface area contributed by atoms with Crippen LogP contribution in [0.5, 0.6) is 0 Å². The van der Waals surface area contributed by atoms with E-state index >= 15 is 0 Å². The molecule has 0 aliphatic heterocycles. The number of aryl methyl sites for hydroxylation is 1. The third-order valence-corrected chi connectivity index (χ3v) is 3.73. The van der Waals surface area contributed by atoms with Gasteiger partial charge in [0.1, 0.15) is 0 Å². The number of rotatable bonds is 7. The summed E-state index contributed by atoms with van der Waals surface area (Å²) in [4.78, 5) is 4.57. The zero-order valence-electron chi connectivity index (χ0n) is 11.6. The van der Waals surface area contributed by atoms with Crippen molar-refractivity contribution in [2.45, 2.75) is 70.8 Å². The van der Waals surface area contributed by atoms with Crippen molar-refractivity contribution < 1.29 is 4.52 Å². The summed E-state index contributed by atoms with van der Waals surface area (Å²) in [6, 6.07) is 0.532. The van der Waals surface area contributed by atoms with Gasteiger partial charge in [-0.05, 0) is 32.2 Å². The van der Waals surface area contributed by atoms with E-state index in [4.69, 9.17) is 4.52 Å². The average molecular weight is 251 g/mol. The predicted octanol–water partition coefficient (Wildman–Crippen LogP) is 3.05. The van der Waals surface area contributed by atoms with Crippen molar-refractivity contribution in [2.24, 2.45) is 0 Å². The van der Waals surface area contributed by atoms with Gasteiger partial charge in [0.2, 0.25) is 5.89 Å². The van der Waals surface area contributed by atoms with E-state index in [0.29, 0.717) is 12.0 Å². The molecule has 4 heteroatoms. The van der Waals surface area contributed by atoms with Crippen LogP contribution in [0.3, 0.4) is 0 Å². The molecule has 4 nitrogen and oxygen atoms in total. The molecule has 0 bridgehead atoms. The van der Waals surface area contributed by atoms with E-state index in [1.54, 1.807) is 0 Å². The topological polar surface area (TPSA) is 51.0 Å². The molecule has 0 amide bonds. The van der Waals surface area contributed by atoms with Crippen molar-refractivity contribution in [3.05, 3.63) is 11.7 Å².